The number of aromatic nitrogens is 1. The fraction of sp³-hybridized carbons (Fsp3) is 0.316. The number of rotatable bonds is 4. The smallest absolute Gasteiger partial charge is 0.253 e. The average Bonchev–Trinajstić information content (AvgIpc) is 2.94. The van der Waals surface area contributed by atoms with Crippen molar-refractivity contribution in [1.29, 1.82) is 0 Å². The van der Waals surface area contributed by atoms with Gasteiger partial charge in [-0.25, -0.2) is 4.98 Å². The first kappa shape index (κ1) is 18.2. The molecule has 0 radical (unpaired) electrons. The molecule has 1 fully saturated rings. The summed E-state index contributed by atoms with van der Waals surface area (Å²) >= 11 is 6.04. The summed E-state index contributed by atoms with van der Waals surface area (Å²) in [5, 5.41) is 0.381. The number of pyridine rings is 1. The van der Waals surface area contributed by atoms with Gasteiger partial charge in [0.05, 0.1) is 5.02 Å². The summed E-state index contributed by atoms with van der Waals surface area (Å²) in [6.45, 7) is 1.24. The number of amides is 2. The van der Waals surface area contributed by atoms with Crippen LogP contribution >= 0.6 is 11.6 Å². The van der Waals surface area contributed by atoms with E-state index in [1.807, 2.05) is 18.2 Å². The number of carbonyl (C=O) groups is 2. The Bertz CT molecular complexity index is 855. The van der Waals surface area contributed by atoms with E-state index >= 15 is 0 Å². The van der Waals surface area contributed by atoms with Gasteiger partial charge in [0.25, 0.3) is 5.91 Å². The van der Waals surface area contributed by atoms with Crippen LogP contribution in [0.15, 0.2) is 36.5 Å². The van der Waals surface area contributed by atoms with Gasteiger partial charge in [0, 0.05) is 56.8 Å². The molecule has 7 heteroatoms. The van der Waals surface area contributed by atoms with Gasteiger partial charge in [-0.15, -0.1) is 0 Å². The fourth-order valence-corrected chi connectivity index (χ4v) is 3.37. The van der Waals surface area contributed by atoms with Crippen molar-refractivity contribution in [2.75, 3.05) is 32.9 Å². The molecule has 0 spiro atoms. The number of carbonyl (C=O) groups excluding carboxylic acids is 2. The first-order chi connectivity index (χ1) is 12.3. The molecule has 1 aromatic carbocycles. The van der Waals surface area contributed by atoms with Crippen LogP contribution in [0.5, 0.6) is 0 Å². The van der Waals surface area contributed by atoms with Crippen LogP contribution in [0.25, 0.3) is 11.1 Å². The van der Waals surface area contributed by atoms with Gasteiger partial charge in [-0.2, -0.15) is 0 Å². The Labute approximate surface area is 157 Å². The zero-order chi connectivity index (χ0) is 18.8. The topological polar surface area (TPSA) is 79.5 Å². The molecule has 0 aliphatic carbocycles. The summed E-state index contributed by atoms with van der Waals surface area (Å²) in [4.78, 5) is 31.9. The maximum absolute atomic E-state index is 12.8. The predicted molar refractivity (Wildman–Crippen MR) is 102 cm³/mol. The molecular formula is C19H21ClN4O2. The zero-order valence-corrected chi connectivity index (χ0v) is 15.5. The Kier molecular flexibility index (Phi) is 5.13. The molecule has 0 bridgehead atoms. The second-order valence-corrected chi connectivity index (χ2v) is 7.11. The lowest BCUT2D eigenvalue weighted by molar-refractivity contribution is -0.126. The lowest BCUT2D eigenvalue weighted by Gasteiger charge is -2.21. The van der Waals surface area contributed by atoms with Crippen LogP contribution in [-0.2, 0) is 4.79 Å². The van der Waals surface area contributed by atoms with E-state index in [0.717, 1.165) is 11.1 Å². The molecule has 2 amide bonds. The van der Waals surface area contributed by atoms with E-state index in [1.165, 1.54) is 0 Å². The second-order valence-electron chi connectivity index (χ2n) is 6.70. The summed E-state index contributed by atoms with van der Waals surface area (Å²) < 4.78 is 0. The number of likely N-dealkylation sites (tertiary alicyclic amines) is 1. The molecule has 136 valence electrons. The number of nitrogens with zero attached hydrogens (tertiary/aromatic N) is 3. The summed E-state index contributed by atoms with van der Waals surface area (Å²) in [6, 6.07) is 9.05. The summed E-state index contributed by atoms with van der Waals surface area (Å²) in [6.07, 6.45) is 2.12. The van der Waals surface area contributed by atoms with Gasteiger partial charge in [-0.3, -0.25) is 9.59 Å². The van der Waals surface area contributed by atoms with E-state index in [0.29, 0.717) is 30.1 Å². The molecule has 6 nitrogen and oxygen atoms in total. The molecule has 1 saturated heterocycles. The van der Waals surface area contributed by atoms with E-state index in [2.05, 4.69) is 4.98 Å². The molecule has 3 rings (SSSR count). The second kappa shape index (κ2) is 7.33. The van der Waals surface area contributed by atoms with E-state index in [1.54, 1.807) is 42.2 Å². The highest BCUT2D eigenvalue weighted by Gasteiger charge is 2.28. The number of halogens is 1. The van der Waals surface area contributed by atoms with Crippen LogP contribution in [0.3, 0.4) is 0 Å². The summed E-state index contributed by atoms with van der Waals surface area (Å²) in [5.41, 5.74) is 7.87. The van der Waals surface area contributed by atoms with Gasteiger partial charge in [0.2, 0.25) is 5.91 Å². The minimum absolute atomic E-state index is 0.0802. The molecule has 2 heterocycles. The Hall–Kier alpha value is -2.60. The SMILES string of the molecule is CN1C[C@@H](CN(C)C(=O)c2cccc(-c3cnc(N)c(Cl)c3)c2)CC1=O. The number of benzene rings is 1. The summed E-state index contributed by atoms with van der Waals surface area (Å²) in [5.74, 6) is 0.497. The zero-order valence-electron chi connectivity index (χ0n) is 14.8. The Balaban J connectivity index is 1.75. The molecule has 1 atom stereocenters. The molecule has 2 N–H and O–H groups in total. The number of hydrogen-bond acceptors (Lipinski definition) is 4. The van der Waals surface area contributed by atoms with Gasteiger partial charge >= 0.3 is 0 Å². The minimum atomic E-state index is -0.0802. The van der Waals surface area contributed by atoms with Crippen molar-refractivity contribution >= 4 is 29.2 Å². The van der Waals surface area contributed by atoms with Crippen LogP contribution in [0, 0.1) is 5.92 Å². The quantitative estimate of drug-likeness (QED) is 0.894. The van der Waals surface area contributed by atoms with E-state index in [9.17, 15) is 9.59 Å². The maximum atomic E-state index is 12.8. The molecule has 0 saturated carbocycles. The molecule has 1 aliphatic rings. The van der Waals surface area contributed by atoms with Crippen molar-refractivity contribution in [2.45, 2.75) is 6.42 Å². The van der Waals surface area contributed by atoms with Crippen LogP contribution in [0.2, 0.25) is 5.02 Å². The van der Waals surface area contributed by atoms with Crippen molar-refractivity contribution < 1.29 is 9.59 Å². The van der Waals surface area contributed by atoms with Gasteiger partial charge in [-0.05, 0) is 23.8 Å². The Morgan fingerprint density at radius 3 is 2.81 bits per heavy atom. The monoisotopic (exact) mass is 372 g/mol. The third-order valence-electron chi connectivity index (χ3n) is 4.61. The van der Waals surface area contributed by atoms with Gasteiger partial charge in [0.15, 0.2) is 0 Å². The van der Waals surface area contributed by atoms with Gasteiger partial charge in [-0.1, -0.05) is 23.7 Å². The molecular weight excluding hydrogens is 352 g/mol. The number of nitrogens with two attached hydrogens (primary N) is 1. The molecule has 26 heavy (non-hydrogen) atoms. The van der Waals surface area contributed by atoms with Gasteiger partial charge in [0.1, 0.15) is 5.82 Å². The molecule has 1 aliphatic heterocycles. The Morgan fingerprint density at radius 2 is 2.15 bits per heavy atom. The normalized spacial score (nSPS) is 16.8. The van der Waals surface area contributed by atoms with Crippen molar-refractivity contribution in [3.63, 3.8) is 0 Å². The maximum Gasteiger partial charge on any atom is 0.253 e. The largest absolute Gasteiger partial charge is 0.382 e. The molecule has 2 aromatic rings. The number of anilines is 1. The highest BCUT2D eigenvalue weighted by atomic mass is 35.5. The molecule has 1 aromatic heterocycles. The van der Waals surface area contributed by atoms with Crippen molar-refractivity contribution in [2.24, 2.45) is 5.92 Å². The third kappa shape index (κ3) is 3.80. The fourth-order valence-electron chi connectivity index (χ4n) is 3.21. The van der Waals surface area contributed by atoms with Crippen LogP contribution < -0.4 is 5.73 Å². The first-order valence-electron chi connectivity index (χ1n) is 8.36. The standard InChI is InChI=1S/C19H21ClN4O2/c1-23-10-12(6-17(23)25)11-24(2)19(26)14-5-3-4-13(7-14)15-8-16(20)18(21)22-9-15/h3-5,7-9,12H,6,10-11H2,1-2H3,(H2,21,22)/t12-/m0/s1. The number of hydrogen-bond donors (Lipinski definition) is 1. The van der Waals surface area contributed by atoms with Crippen LogP contribution in [-0.4, -0.2) is 53.8 Å². The van der Waals surface area contributed by atoms with Crippen molar-refractivity contribution in [3.8, 4) is 11.1 Å². The van der Waals surface area contributed by atoms with E-state index < -0.39 is 0 Å². The van der Waals surface area contributed by atoms with Crippen molar-refractivity contribution in [1.82, 2.24) is 14.8 Å². The van der Waals surface area contributed by atoms with Crippen molar-refractivity contribution in [3.05, 3.63) is 47.1 Å². The third-order valence-corrected chi connectivity index (χ3v) is 4.92. The van der Waals surface area contributed by atoms with E-state index in [-0.39, 0.29) is 23.6 Å². The lowest BCUT2D eigenvalue weighted by atomic mass is 10.0. The Morgan fingerprint density at radius 1 is 1.38 bits per heavy atom. The van der Waals surface area contributed by atoms with Gasteiger partial charge < -0.3 is 15.5 Å². The predicted octanol–water partition coefficient (Wildman–Crippen LogP) is 2.53. The minimum Gasteiger partial charge on any atom is -0.382 e. The first-order valence-corrected chi connectivity index (χ1v) is 8.74. The average molecular weight is 373 g/mol. The highest BCUT2D eigenvalue weighted by Crippen LogP contribution is 2.26. The lowest BCUT2D eigenvalue weighted by Crippen LogP contribution is -2.32. The molecule has 0 unspecified atom stereocenters. The highest BCUT2D eigenvalue weighted by molar-refractivity contribution is 6.33. The summed E-state index contributed by atoms with van der Waals surface area (Å²) in [7, 11) is 3.55. The van der Waals surface area contributed by atoms with Crippen LogP contribution in [0.4, 0.5) is 5.82 Å². The van der Waals surface area contributed by atoms with Crippen LogP contribution in [0.1, 0.15) is 16.8 Å². The number of nitrogen functional groups attached to an aromatic ring is 1. The van der Waals surface area contributed by atoms with E-state index in [4.69, 9.17) is 17.3 Å².